The van der Waals surface area contributed by atoms with Gasteiger partial charge >= 0.3 is 0 Å². The third-order valence-electron chi connectivity index (χ3n) is 5.90. The van der Waals surface area contributed by atoms with Crippen LogP contribution in [0.15, 0.2) is 113 Å². The Kier molecular flexibility index (Phi) is 8.29. The fourth-order valence-electron chi connectivity index (χ4n) is 3.74. The SMILES string of the molecule is COc1cccc(N(CC#CN(c2ccccc2)S(=O)(=O)c2ccc(C)cc2)S(=O)(=O)c2ccc(C)cc2)c1. The summed E-state index contributed by atoms with van der Waals surface area (Å²) in [6.07, 6.45) is 0. The number of para-hydroxylation sites is 1. The van der Waals surface area contributed by atoms with E-state index >= 15 is 0 Å². The van der Waals surface area contributed by atoms with Crippen molar-refractivity contribution >= 4 is 31.4 Å². The summed E-state index contributed by atoms with van der Waals surface area (Å²) in [6.45, 7) is 3.43. The van der Waals surface area contributed by atoms with Gasteiger partial charge in [0.1, 0.15) is 5.75 Å². The Morgan fingerprint density at radius 3 is 1.77 bits per heavy atom. The average molecular weight is 561 g/mol. The van der Waals surface area contributed by atoms with Gasteiger partial charge in [0.2, 0.25) is 0 Å². The van der Waals surface area contributed by atoms with Crippen LogP contribution in [0.1, 0.15) is 11.1 Å². The van der Waals surface area contributed by atoms with E-state index in [2.05, 4.69) is 12.0 Å². The first-order valence-corrected chi connectivity index (χ1v) is 14.9. The summed E-state index contributed by atoms with van der Waals surface area (Å²) < 4.78 is 62.1. The summed E-state index contributed by atoms with van der Waals surface area (Å²) in [5.74, 6) is 3.27. The maximum Gasteiger partial charge on any atom is 0.275 e. The van der Waals surface area contributed by atoms with Crippen molar-refractivity contribution in [3.05, 3.63) is 114 Å². The van der Waals surface area contributed by atoms with Gasteiger partial charge in [-0.15, -0.1) is 0 Å². The molecule has 9 heteroatoms. The normalized spacial score (nSPS) is 11.3. The van der Waals surface area contributed by atoms with Gasteiger partial charge in [-0.25, -0.2) is 16.8 Å². The number of nitrogens with zero attached hydrogens (tertiary/aromatic N) is 2. The number of benzene rings is 4. The van der Waals surface area contributed by atoms with Gasteiger partial charge in [-0.1, -0.05) is 65.6 Å². The lowest BCUT2D eigenvalue weighted by Gasteiger charge is -2.23. The molecular weight excluding hydrogens is 532 g/mol. The molecule has 7 nitrogen and oxygen atoms in total. The molecule has 4 aromatic rings. The summed E-state index contributed by atoms with van der Waals surface area (Å²) in [4.78, 5) is 0.160. The maximum atomic E-state index is 13.7. The van der Waals surface area contributed by atoms with E-state index in [1.807, 2.05) is 13.8 Å². The van der Waals surface area contributed by atoms with Crippen LogP contribution in [0.3, 0.4) is 0 Å². The molecule has 0 aromatic heterocycles. The van der Waals surface area contributed by atoms with E-state index in [1.165, 1.54) is 31.4 Å². The standard InChI is InChI=1S/C30H28N2O5S2/c1-24-13-17-29(18-14-24)38(33,34)31(26-9-5-4-6-10-26)21-8-22-32(27-11-7-12-28(23-27)37-3)39(35,36)30-19-15-25(2)16-20-30/h4-7,9-20,23H,22H2,1-3H3. The van der Waals surface area contributed by atoms with Crippen LogP contribution in [0, 0.1) is 25.8 Å². The van der Waals surface area contributed by atoms with Crippen molar-refractivity contribution in [2.24, 2.45) is 0 Å². The zero-order valence-corrected chi connectivity index (χ0v) is 23.4. The van der Waals surface area contributed by atoms with Gasteiger partial charge < -0.3 is 4.74 Å². The monoisotopic (exact) mass is 560 g/mol. The topological polar surface area (TPSA) is 84.0 Å². The highest BCUT2D eigenvalue weighted by Crippen LogP contribution is 2.27. The van der Waals surface area contributed by atoms with Gasteiger partial charge in [0, 0.05) is 12.1 Å². The highest BCUT2D eigenvalue weighted by atomic mass is 32.2. The largest absolute Gasteiger partial charge is 0.497 e. The lowest BCUT2D eigenvalue weighted by molar-refractivity contribution is 0.415. The Hall–Kier alpha value is -4.26. The van der Waals surface area contributed by atoms with Gasteiger partial charge in [0.15, 0.2) is 0 Å². The minimum atomic E-state index is -4.06. The van der Waals surface area contributed by atoms with Crippen LogP contribution in [0.25, 0.3) is 0 Å². The van der Waals surface area contributed by atoms with Crippen molar-refractivity contribution in [2.75, 3.05) is 22.3 Å². The van der Waals surface area contributed by atoms with Crippen molar-refractivity contribution in [1.29, 1.82) is 0 Å². The number of aryl methyl sites for hydroxylation is 2. The molecule has 0 radical (unpaired) electrons. The number of sulfonamides is 2. The molecule has 0 unspecified atom stereocenters. The smallest absolute Gasteiger partial charge is 0.275 e. The maximum absolute atomic E-state index is 13.7. The first-order chi connectivity index (χ1) is 18.6. The van der Waals surface area contributed by atoms with E-state index in [1.54, 1.807) is 78.9 Å². The average Bonchev–Trinajstić information content (AvgIpc) is 2.94. The van der Waals surface area contributed by atoms with Gasteiger partial charge in [-0.3, -0.25) is 4.31 Å². The summed E-state index contributed by atoms with van der Waals surface area (Å²) in [5, 5.41) is 0. The van der Waals surface area contributed by atoms with Crippen LogP contribution in [0.4, 0.5) is 11.4 Å². The summed E-state index contributed by atoms with van der Waals surface area (Å²) >= 11 is 0. The number of rotatable bonds is 8. The Bertz CT molecular complexity index is 1710. The number of hydrogen-bond donors (Lipinski definition) is 0. The molecule has 200 valence electrons. The first kappa shape index (κ1) is 27.8. The quantitative estimate of drug-likeness (QED) is 0.214. The van der Waals surface area contributed by atoms with Gasteiger partial charge in [0.05, 0.1) is 34.8 Å². The fourth-order valence-corrected chi connectivity index (χ4v) is 6.37. The number of ether oxygens (including phenoxy) is 1. The minimum Gasteiger partial charge on any atom is -0.497 e. The van der Waals surface area contributed by atoms with E-state index in [-0.39, 0.29) is 16.3 Å². The first-order valence-electron chi connectivity index (χ1n) is 12.0. The van der Waals surface area contributed by atoms with E-state index in [4.69, 9.17) is 4.74 Å². The molecule has 0 spiro atoms. The Balaban J connectivity index is 1.79. The molecule has 0 aliphatic rings. The highest BCUT2D eigenvalue weighted by molar-refractivity contribution is 7.93. The van der Waals surface area contributed by atoms with Crippen molar-refractivity contribution in [2.45, 2.75) is 23.6 Å². The van der Waals surface area contributed by atoms with E-state index in [0.29, 0.717) is 17.1 Å². The number of hydrogen-bond acceptors (Lipinski definition) is 5. The molecule has 0 bridgehead atoms. The molecule has 0 N–H and O–H groups in total. The number of anilines is 2. The van der Waals surface area contributed by atoms with E-state index in [9.17, 15) is 16.8 Å². The van der Waals surface area contributed by atoms with Crippen molar-refractivity contribution < 1.29 is 21.6 Å². The van der Waals surface area contributed by atoms with Crippen molar-refractivity contribution in [3.63, 3.8) is 0 Å². The molecule has 0 amide bonds. The predicted molar refractivity (Wildman–Crippen MR) is 154 cm³/mol. The molecule has 4 rings (SSSR count). The van der Waals surface area contributed by atoms with Gasteiger partial charge in [-0.2, -0.15) is 4.31 Å². The second-order valence-electron chi connectivity index (χ2n) is 8.73. The zero-order chi connectivity index (χ0) is 28.0. The predicted octanol–water partition coefficient (Wildman–Crippen LogP) is 5.36. The lowest BCUT2D eigenvalue weighted by atomic mass is 10.2. The van der Waals surface area contributed by atoms with Crippen LogP contribution in [-0.4, -0.2) is 30.5 Å². The highest BCUT2D eigenvalue weighted by Gasteiger charge is 2.26. The Labute approximate surface area is 230 Å². The second kappa shape index (κ2) is 11.6. The molecule has 0 atom stereocenters. The molecule has 0 saturated heterocycles. The number of methoxy groups -OCH3 is 1. The molecule has 0 fully saturated rings. The third kappa shape index (κ3) is 6.25. The minimum absolute atomic E-state index is 0.0724. The summed E-state index contributed by atoms with van der Waals surface area (Å²) in [7, 11) is -6.62. The fraction of sp³-hybridized carbons (Fsp3) is 0.133. The van der Waals surface area contributed by atoms with Gasteiger partial charge in [0.25, 0.3) is 20.0 Å². The molecule has 39 heavy (non-hydrogen) atoms. The molecular formula is C30H28N2O5S2. The van der Waals surface area contributed by atoms with Crippen LogP contribution in [-0.2, 0) is 20.0 Å². The molecule has 4 aromatic carbocycles. The Morgan fingerprint density at radius 1 is 0.667 bits per heavy atom. The van der Waals surface area contributed by atoms with Crippen LogP contribution < -0.4 is 13.3 Å². The van der Waals surface area contributed by atoms with E-state index in [0.717, 1.165) is 19.7 Å². The Morgan fingerprint density at radius 2 is 1.21 bits per heavy atom. The molecule has 0 aliphatic carbocycles. The van der Waals surface area contributed by atoms with E-state index < -0.39 is 20.0 Å². The molecule has 0 heterocycles. The second-order valence-corrected chi connectivity index (χ2v) is 12.4. The lowest BCUT2D eigenvalue weighted by Crippen LogP contribution is -2.32. The van der Waals surface area contributed by atoms with Crippen LogP contribution in [0.2, 0.25) is 0 Å². The third-order valence-corrected chi connectivity index (χ3v) is 9.34. The molecule has 0 saturated carbocycles. The van der Waals surface area contributed by atoms with Crippen LogP contribution in [0.5, 0.6) is 5.75 Å². The summed E-state index contributed by atoms with van der Waals surface area (Å²) in [5.41, 5.74) is 2.50. The molecule has 0 aliphatic heterocycles. The summed E-state index contributed by atoms with van der Waals surface area (Å²) in [6, 6.07) is 30.7. The zero-order valence-electron chi connectivity index (χ0n) is 21.8. The van der Waals surface area contributed by atoms with Crippen molar-refractivity contribution in [1.82, 2.24) is 0 Å². The van der Waals surface area contributed by atoms with Crippen LogP contribution >= 0.6 is 0 Å². The van der Waals surface area contributed by atoms with Crippen molar-refractivity contribution in [3.8, 4) is 17.7 Å². The van der Waals surface area contributed by atoms with Gasteiger partial charge in [-0.05, 0) is 62.4 Å².